The molecule has 0 aliphatic rings. The highest BCUT2D eigenvalue weighted by molar-refractivity contribution is 6.31. The summed E-state index contributed by atoms with van der Waals surface area (Å²) in [6.45, 7) is 3.51. The molecular formula is C7H6ClN2O2. The van der Waals surface area contributed by atoms with Crippen LogP contribution < -0.4 is 5.73 Å². The highest BCUT2D eigenvalue weighted by Crippen LogP contribution is 2.28. The van der Waals surface area contributed by atoms with Crippen LogP contribution in [0.5, 0.6) is 0 Å². The SMILES string of the molecule is [CH2]c1cc(Cl)cc([N+](=O)[O-])c1N. The van der Waals surface area contributed by atoms with Crippen molar-refractivity contribution < 1.29 is 4.92 Å². The highest BCUT2D eigenvalue weighted by Gasteiger charge is 2.13. The van der Waals surface area contributed by atoms with E-state index < -0.39 is 4.92 Å². The normalized spacial score (nSPS) is 9.83. The summed E-state index contributed by atoms with van der Waals surface area (Å²) in [7, 11) is 0. The van der Waals surface area contributed by atoms with Gasteiger partial charge in [0.05, 0.1) is 4.92 Å². The molecule has 0 atom stereocenters. The lowest BCUT2D eigenvalue weighted by Gasteiger charge is -2.00. The van der Waals surface area contributed by atoms with Crippen LogP contribution in [0.2, 0.25) is 5.02 Å². The molecule has 0 bridgehead atoms. The zero-order valence-electron chi connectivity index (χ0n) is 6.08. The molecule has 0 spiro atoms. The average molecular weight is 186 g/mol. The van der Waals surface area contributed by atoms with Crippen LogP contribution in [0.4, 0.5) is 11.4 Å². The molecule has 0 saturated carbocycles. The maximum Gasteiger partial charge on any atom is 0.293 e. The molecule has 0 aromatic heterocycles. The number of nitro groups is 1. The van der Waals surface area contributed by atoms with Gasteiger partial charge in [-0.25, -0.2) is 0 Å². The number of anilines is 1. The second kappa shape index (κ2) is 2.98. The first-order chi connectivity index (χ1) is 5.52. The summed E-state index contributed by atoms with van der Waals surface area (Å²) in [6.07, 6.45) is 0. The second-order valence-corrected chi connectivity index (χ2v) is 2.69. The summed E-state index contributed by atoms with van der Waals surface area (Å²) in [6, 6.07) is 2.68. The Balaban J connectivity index is 3.37. The van der Waals surface area contributed by atoms with Crippen LogP contribution in [-0.2, 0) is 0 Å². The summed E-state index contributed by atoms with van der Waals surface area (Å²) in [5.74, 6) is 0. The summed E-state index contributed by atoms with van der Waals surface area (Å²) >= 11 is 5.57. The molecule has 1 radical (unpaired) electrons. The van der Waals surface area contributed by atoms with Gasteiger partial charge in [-0.05, 0) is 18.6 Å². The number of nitro benzene ring substituents is 1. The summed E-state index contributed by atoms with van der Waals surface area (Å²) in [5, 5.41) is 10.6. The van der Waals surface area contributed by atoms with Crippen molar-refractivity contribution in [3.8, 4) is 0 Å². The molecule has 12 heavy (non-hydrogen) atoms. The predicted octanol–water partition coefficient (Wildman–Crippen LogP) is 2.01. The fourth-order valence-electron chi connectivity index (χ4n) is 0.810. The van der Waals surface area contributed by atoms with Crippen molar-refractivity contribution in [2.75, 3.05) is 5.73 Å². The summed E-state index contributed by atoms with van der Waals surface area (Å²) in [5.41, 5.74) is 5.62. The predicted molar refractivity (Wildman–Crippen MR) is 47.0 cm³/mol. The molecule has 0 aliphatic carbocycles. The van der Waals surface area contributed by atoms with Gasteiger partial charge in [0, 0.05) is 11.1 Å². The van der Waals surface area contributed by atoms with Crippen LogP contribution in [0.25, 0.3) is 0 Å². The molecule has 63 valence electrons. The molecule has 1 rings (SSSR count). The van der Waals surface area contributed by atoms with Gasteiger partial charge in [0.15, 0.2) is 0 Å². The van der Waals surface area contributed by atoms with E-state index in [0.29, 0.717) is 5.56 Å². The largest absolute Gasteiger partial charge is 0.393 e. The van der Waals surface area contributed by atoms with Crippen molar-refractivity contribution in [3.63, 3.8) is 0 Å². The lowest BCUT2D eigenvalue weighted by atomic mass is 10.2. The van der Waals surface area contributed by atoms with Gasteiger partial charge in [-0.3, -0.25) is 10.1 Å². The van der Waals surface area contributed by atoms with Crippen molar-refractivity contribution in [1.29, 1.82) is 0 Å². The van der Waals surface area contributed by atoms with E-state index in [1.807, 2.05) is 0 Å². The van der Waals surface area contributed by atoms with Gasteiger partial charge in [-0.15, -0.1) is 0 Å². The minimum atomic E-state index is -0.587. The Labute approximate surface area is 74.1 Å². The van der Waals surface area contributed by atoms with Crippen molar-refractivity contribution >= 4 is 23.0 Å². The second-order valence-electron chi connectivity index (χ2n) is 2.25. The first-order valence-electron chi connectivity index (χ1n) is 3.07. The molecule has 0 saturated heterocycles. The number of nitrogens with zero attached hydrogens (tertiary/aromatic N) is 1. The number of nitrogens with two attached hydrogens (primary N) is 1. The topological polar surface area (TPSA) is 69.2 Å². The van der Waals surface area contributed by atoms with Gasteiger partial charge < -0.3 is 5.73 Å². The number of rotatable bonds is 1. The van der Waals surface area contributed by atoms with Crippen LogP contribution in [-0.4, -0.2) is 4.92 Å². The molecule has 2 N–H and O–H groups in total. The van der Waals surface area contributed by atoms with Gasteiger partial charge in [-0.1, -0.05) is 11.6 Å². The number of hydrogen-bond acceptors (Lipinski definition) is 3. The van der Waals surface area contributed by atoms with Crippen LogP contribution in [0.1, 0.15) is 5.56 Å². The lowest BCUT2D eigenvalue weighted by Crippen LogP contribution is -1.97. The van der Waals surface area contributed by atoms with Crippen molar-refractivity contribution in [3.05, 3.63) is 39.8 Å². The fourth-order valence-corrected chi connectivity index (χ4v) is 1.04. The Bertz CT molecular complexity index is 338. The zero-order valence-corrected chi connectivity index (χ0v) is 6.84. The Morgan fingerprint density at radius 1 is 1.58 bits per heavy atom. The van der Waals surface area contributed by atoms with E-state index in [1.54, 1.807) is 0 Å². The van der Waals surface area contributed by atoms with E-state index in [0.717, 1.165) is 0 Å². The van der Waals surface area contributed by atoms with E-state index in [-0.39, 0.29) is 16.4 Å². The van der Waals surface area contributed by atoms with Gasteiger partial charge in [-0.2, -0.15) is 0 Å². The molecule has 0 heterocycles. The van der Waals surface area contributed by atoms with Gasteiger partial charge in [0.25, 0.3) is 5.69 Å². The average Bonchev–Trinajstić information content (AvgIpc) is 1.96. The van der Waals surface area contributed by atoms with Crippen LogP contribution >= 0.6 is 11.6 Å². The minimum absolute atomic E-state index is 0.0596. The summed E-state index contributed by atoms with van der Waals surface area (Å²) < 4.78 is 0. The Morgan fingerprint density at radius 3 is 2.67 bits per heavy atom. The van der Waals surface area contributed by atoms with Crippen molar-refractivity contribution in [1.82, 2.24) is 0 Å². The molecule has 0 fully saturated rings. The first kappa shape index (κ1) is 8.80. The summed E-state index contributed by atoms with van der Waals surface area (Å²) in [4.78, 5) is 9.78. The Hall–Kier alpha value is -1.29. The molecule has 1 aromatic carbocycles. The standard InChI is InChI=1S/C7H6ClN2O2/c1-4-2-5(8)3-6(7(4)9)10(11)12/h2-3H,1,9H2. The van der Waals surface area contributed by atoms with E-state index in [1.165, 1.54) is 12.1 Å². The maximum absolute atomic E-state index is 10.4. The molecular weight excluding hydrogens is 180 g/mol. The smallest absolute Gasteiger partial charge is 0.293 e. The molecule has 5 heteroatoms. The van der Waals surface area contributed by atoms with Crippen molar-refractivity contribution in [2.24, 2.45) is 0 Å². The first-order valence-corrected chi connectivity index (χ1v) is 3.45. The van der Waals surface area contributed by atoms with Crippen molar-refractivity contribution in [2.45, 2.75) is 0 Å². The van der Waals surface area contributed by atoms with E-state index in [4.69, 9.17) is 17.3 Å². The molecule has 4 nitrogen and oxygen atoms in total. The molecule has 0 amide bonds. The quantitative estimate of drug-likeness (QED) is 0.413. The number of halogens is 1. The van der Waals surface area contributed by atoms with Gasteiger partial charge in [0.1, 0.15) is 5.69 Å². The third-order valence-corrected chi connectivity index (χ3v) is 1.62. The van der Waals surface area contributed by atoms with E-state index in [9.17, 15) is 10.1 Å². The monoisotopic (exact) mass is 185 g/mol. The number of nitrogen functional groups attached to an aromatic ring is 1. The van der Waals surface area contributed by atoms with Crippen LogP contribution in [0, 0.1) is 17.0 Å². The van der Waals surface area contributed by atoms with Gasteiger partial charge in [0.2, 0.25) is 0 Å². The number of benzene rings is 1. The molecule has 1 aromatic rings. The maximum atomic E-state index is 10.4. The Kier molecular flexibility index (Phi) is 2.19. The lowest BCUT2D eigenvalue weighted by molar-refractivity contribution is -0.383. The third-order valence-electron chi connectivity index (χ3n) is 1.41. The van der Waals surface area contributed by atoms with E-state index >= 15 is 0 Å². The fraction of sp³-hybridized carbons (Fsp3) is 0. The minimum Gasteiger partial charge on any atom is -0.393 e. The third kappa shape index (κ3) is 1.48. The van der Waals surface area contributed by atoms with Crippen LogP contribution in [0.15, 0.2) is 12.1 Å². The zero-order chi connectivity index (χ0) is 9.30. The molecule has 0 aliphatic heterocycles. The van der Waals surface area contributed by atoms with E-state index in [2.05, 4.69) is 6.92 Å². The Morgan fingerprint density at radius 2 is 2.17 bits per heavy atom. The molecule has 0 unspecified atom stereocenters. The van der Waals surface area contributed by atoms with Crippen LogP contribution in [0.3, 0.4) is 0 Å². The van der Waals surface area contributed by atoms with Gasteiger partial charge >= 0.3 is 0 Å². The number of hydrogen-bond donors (Lipinski definition) is 1. The highest BCUT2D eigenvalue weighted by atomic mass is 35.5.